The predicted octanol–water partition coefficient (Wildman–Crippen LogP) is 1.37. The molecule has 1 aliphatic heterocycles. The van der Waals surface area contributed by atoms with Crippen LogP contribution in [0.4, 0.5) is 0 Å². The molecule has 1 aliphatic rings. The first kappa shape index (κ1) is 32.7. The zero-order chi connectivity index (χ0) is 31.0. The molecule has 2 aromatic rings. The minimum atomic E-state index is -1.17. The molecule has 1 aromatic heterocycles. The van der Waals surface area contributed by atoms with E-state index >= 15 is 0 Å². The molecule has 1 saturated heterocycles. The second-order valence-electron chi connectivity index (χ2n) is 9.48. The lowest BCUT2D eigenvalue weighted by atomic mass is 9.97. The van der Waals surface area contributed by atoms with E-state index in [1.807, 2.05) is 18.2 Å². The Bertz CT molecular complexity index is 1290. The van der Waals surface area contributed by atoms with E-state index in [-0.39, 0.29) is 6.61 Å². The van der Waals surface area contributed by atoms with Crippen LogP contribution in [0.15, 0.2) is 23.4 Å². The Kier molecular flexibility index (Phi) is 11.6. The summed E-state index contributed by atoms with van der Waals surface area (Å²) in [5.41, 5.74) is 0.118. The number of rotatable bonds is 12. The molecule has 1 N–H and O–H groups in total. The van der Waals surface area contributed by atoms with E-state index in [9.17, 15) is 19.2 Å². The third-order valence-electron chi connectivity index (χ3n) is 6.30. The Morgan fingerprint density at radius 3 is 2.19 bits per heavy atom. The van der Waals surface area contributed by atoms with E-state index in [1.165, 1.54) is 27.7 Å². The number of aromatic nitrogens is 3. The number of methoxy groups -OCH3 is 2. The predicted molar refractivity (Wildman–Crippen MR) is 148 cm³/mol. The van der Waals surface area contributed by atoms with Crippen LogP contribution in [0.25, 0.3) is 0 Å². The van der Waals surface area contributed by atoms with Gasteiger partial charge in [-0.1, -0.05) is 17.8 Å². The van der Waals surface area contributed by atoms with Gasteiger partial charge >= 0.3 is 17.9 Å². The first-order chi connectivity index (χ1) is 19.9. The molecular weight excluding hydrogens is 572 g/mol. The topological polar surface area (TPSA) is 166 Å². The fourth-order valence-electron chi connectivity index (χ4n) is 4.45. The second-order valence-corrected chi connectivity index (χ2v) is 10.6. The maximum absolute atomic E-state index is 12.2. The molecule has 0 aliphatic carbocycles. The van der Waals surface area contributed by atoms with Crippen molar-refractivity contribution in [1.29, 1.82) is 0 Å². The molecule has 0 radical (unpaired) electrons. The zero-order valence-electron chi connectivity index (χ0n) is 24.6. The molecule has 5 atom stereocenters. The molecule has 42 heavy (non-hydrogen) atoms. The van der Waals surface area contributed by atoms with Gasteiger partial charge in [-0.05, 0) is 24.1 Å². The fraction of sp³-hybridized carbons (Fsp3) is 0.556. The van der Waals surface area contributed by atoms with Crippen molar-refractivity contribution < 1.29 is 47.6 Å². The molecule has 1 aromatic carbocycles. The van der Waals surface area contributed by atoms with Crippen LogP contribution >= 0.6 is 11.8 Å². The van der Waals surface area contributed by atoms with Crippen molar-refractivity contribution in [2.24, 2.45) is 7.05 Å². The maximum Gasteiger partial charge on any atom is 0.303 e. The molecule has 14 nitrogen and oxygen atoms in total. The van der Waals surface area contributed by atoms with Crippen LogP contribution in [-0.2, 0) is 58.0 Å². The van der Waals surface area contributed by atoms with E-state index in [1.54, 1.807) is 25.8 Å². The van der Waals surface area contributed by atoms with Crippen LogP contribution in [0, 0.1) is 0 Å². The number of esters is 3. The second kappa shape index (κ2) is 14.9. The lowest BCUT2D eigenvalue weighted by molar-refractivity contribution is -0.211. The summed E-state index contributed by atoms with van der Waals surface area (Å²) < 4.78 is 34.9. The molecule has 15 heteroatoms. The molecule has 0 bridgehead atoms. The van der Waals surface area contributed by atoms with E-state index in [4.69, 9.17) is 28.4 Å². The quantitative estimate of drug-likeness (QED) is 0.271. The van der Waals surface area contributed by atoms with Gasteiger partial charge in [0.05, 0.1) is 14.2 Å². The number of ether oxygens (including phenoxy) is 6. The Labute approximate surface area is 247 Å². The number of nitrogens with one attached hydrogen (secondary N) is 1. The van der Waals surface area contributed by atoms with Crippen molar-refractivity contribution in [2.45, 2.75) is 75.5 Å². The first-order valence-corrected chi connectivity index (χ1v) is 14.0. The average Bonchev–Trinajstić information content (AvgIpc) is 3.27. The number of benzene rings is 1. The van der Waals surface area contributed by atoms with E-state index in [0.717, 1.165) is 17.3 Å². The summed E-state index contributed by atoms with van der Waals surface area (Å²) in [4.78, 5) is 47.8. The van der Waals surface area contributed by atoms with E-state index < -0.39 is 53.6 Å². The van der Waals surface area contributed by atoms with Crippen LogP contribution < -0.4 is 14.8 Å². The Hall–Kier alpha value is -3.85. The number of carbonyl (C=O) groups excluding carboxylic acids is 4. The summed E-state index contributed by atoms with van der Waals surface area (Å²) >= 11 is 1.13. The Morgan fingerprint density at radius 2 is 1.60 bits per heavy atom. The standard InChI is InChI=1S/C27H36N4O10S/c1-14(32)28-23-25(40-17(4)35)24(39-16(3)34)21(13-38-15(2)33)41-26(23)42-27-30-29-22(31(27)5)11-9-18-8-10-19(36-6)20(12-18)37-7/h8,10,12,21,23-26H,9,11,13H2,1-7H3,(H,28,32)/t21-,23+,24+,25+,26+/m0/s1. The molecule has 0 saturated carbocycles. The van der Waals surface area contributed by atoms with Crippen molar-refractivity contribution in [2.75, 3.05) is 20.8 Å². The Morgan fingerprint density at radius 1 is 0.929 bits per heavy atom. The normalized spacial score (nSPS) is 21.6. The Balaban J connectivity index is 1.87. The number of carbonyl (C=O) groups is 4. The van der Waals surface area contributed by atoms with Crippen LogP contribution in [-0.4, -0.2) is 89.2 Å². The number of amides is 1. The van der Waals surface area contributed by atoms with Crippen molar-refractivity contribution in [1.82, 2.24) is 20.1 Å². The molecule has 1 fully saturated rings. The van der Waals surface area contributed by atoms with Gasteiger partial charge in [0, 0.05) is 41.2 Å². The number of nitrogens with zero attached hydrogens (tertiary/aromatic N) is 3. The monoisotopic (exact) mass is 608 g/mol. The molecule has 1 amide bonds. The van der Waals surface area contributed by atoms with Gasteiger partial charge in [-0.3, -0.25) is 19.2 Å². The number of thioether (sulfide) groups is 1. The van der Waals surface area contributed by atoms with Crippen molar-refractivity contribution in [3.05, 3.63) is 29.6 Å². The largest absolute Gasteiger partial charge is 0.493 e. The van der Waals surface area contributed by atoms with Gasteiger partial charge in [-0.15, -0.1) is 10.2 Å². The van der Waals surface area contributed by atoms with Gasteiger partial charge in [-0.2, -0.15) is 0 Å². The highest BCUT2D eigenvalue weighted by Gasteiger charge is 2.51. The van der Waals surface area contributed by atoms with Gasteiger partial charge in [0.1, 0.15) is 30.0 Å². The van der Waals surface area contributed by atoms with Crippen LogP contribution in [0.2, 0.25) is 0 Å². The molecule has 2 heterocycles. The fourth-order valence-corrected chi connectivity index (χ4v) is 5.58. The summed E-state index contributed by atoms with van der Waals surface area (Å²) in [6.45, 7) is 4.62. The van der Waals surface area contributed by atoms with Gasteiger partial charge in [0.15, 0.2) is 28.9 Å². The molecule has 3 rings (SSSR count). The third-order valence-corrected chi connectivity index (χ3v) is 7.51. The first-order valence-electron chi connectivity index (χ1n) is 13.1. The van der Waals surface area contributed by atoms with Gasteiger partial charge < -0.3 is 38.3 Å². The van der Waals surface area contributed by atoms with Crippen LogP contribution in [0.3, 0.4) is 0 Å². The summed E-state index contributed by atoms with van der Waals surface area (Å²) in [7, 11) is 4.95. The lowest BCUT2D eigenvalue weighted by Crippen LogP contribution is -2.65. The van der Waals surface area contributed by atoms with Crippen molar-refractivity contribution >= 4 is 35.6 Å². The highest BCUT2D eigenvalue weighted by atomic mass is 32.2. The molecule has 0 unspecified atom stereocenters. The summed E-state index contributed by atoms with van der Waals surface area (Å²) in [5.74, 6) is -0.404. The number of hydrogen-bond acceptors (Lipinski definition) is 13. The minimum absolute atomic E-state index is 0.287. The number of hydrogen-bond donors (Lipinski definition) is 1. The highest BCUT2D eigenvalue weighted by Crippen LogP contribution is 2.36. The van der Waals surface area contributed by atoms with Crippen molar-refractivity contribution in [3.63, 3.8) is 0 Å². The lowest BCUT2D eigenvalue weighted by Gasteiger charge is -2.44. The van der Waals surface area contributed by atoms with E-state index in [0.29, 0.717) is 35.3 Å². The average molecular weight is 609 g/mol. The third kappa shape index (κ3) is 8.58. The molecule has 230 valence electrons. The van der Waals surface area contributed by atoms with Gasteiger partial charge in [0.2, 0.25) is 5.91 Å². The maximum atomic E-state index is 12.2. The molecular formula is C27H36N4O10S. The van der Waals surface area contributed by atoms with Crippen LogP contribution in [0.1, 0.15) is 39.1 Å². The van der Waals surface area contributed by atoms with Crippen molar-refractivity contribution in [3.8, 4) is 11.5 Å². The van der Waals surface area contributed by atoms with Crippen LogP contribution in [0.5, 0.6) is 11.5 Å². The van der Waals surface area contributed by atoms with E-state index in [2.05, 4.69) is 15.5 Å². The summed E-state index contributed by atoms with van der Waals surface area (Å²) in [6.07, 6.45) is -2.13. The minimum Gasteiger partial charge on any atom is -0.493 e. The smallest absolute Gasteiger partial charge is 0.303 e. The number of aryl methyl sites for hydroxylation is 2. The molecule has 0 spiro atoms. The highest BCUT2D eigenvalue weighted by molar-refractivity contribution is 7.99. The SMILES string of the molecule is COc1ccc(CCc2nnc(S[C@H]3O[C@@H](COC(C)=O)[C@@H](OC(C)=O)[C@H](OC(C)=O)[C@H]3NC(C)=O)n2C)cc1OC. The summed E-state index contributed by atoms with van der Waals surface area (Å²) in [6, 6.07) is 4.72. The summed E-state index contributed by atoms with van der Waals surface area (Å²) in [5, 5.41) is 11.8. The van der Waals surface area contributed by atoms with Gasteiger partial charge in [0.25, 0.3) is 0 Å². The zero-order valence-corrected chi connectivity index (χ0v) is 25.4. The van der Waals surface area contributed by atoms with Gasteiger partial charge in [-0.25, -0.2) is 0 Å².